The molecule has 0 bridgehead atoms. The van der Waals surface area contributed by atoms with E-state index in [1.54, 1.807) is 12.1 Å². The van der Waals surface area contributed by atoms with Crippen molar-refractivity contribution < 1.29 is 26.2 Å². The van der Waals surface area contributed by atoms with E-state index in [2.05, 4.69) is 5.16 Å². The van der Waals surface area contributed by atoms with Crippen LogP contribution in [0.25, 0.3) is 11.3 Å². The fourth-order valence-electron chi connectivity index (χ4n) is 2.76. The first-order valence-corrected chi connectivity index (χ1v) is 11.8. The summed E-state index contributed by atoms with van der Waals surface area (Å²) in [6.45, 7) is 1.03. The second kappa shape index (κ2) is 7.06. The predicted molar refractivity (Wildman–Crippen MR) is 97.4 cm³/mol. The molecule has 0 radical (unpaired) electrons. The van der Waals surface area contributed by atoms with E-state index in [-0.39, 0.29) is 42.7 Å². The van der Waals surface area contributed by atoms with Gasteiger partial charge in [0, 0.05) is 44.1 Å². The van der Waals surface area contributed by atoms with Gasteiger partial charge in [0.1, 0.15) is 0 Å². The number of carbonyl (C=O) groups excluding carboxylic acids is 1. The number of sulfonamides is 1. The highest BCUT2D eigenvalue weighted by Crippen LogP contribution is 2.23. The number of nitrogens with zero attached hydrogens (tertiary/aromatic N) is 3. The van der Waals surface area contributed by atoms with Crippen molar-refractivity contribution in [3.05, 3.63) is 36.0 Å². The summed E-state index contributed by atoms with van der Waals surface area (Å²) in [5.74, 6) is -0.000852. The monoisotopic (exact) mass is 413 g/mol. The van der Waals surface area contributed by atoms with Gasteiger partial charge in [-0.15, -0.1) is 0 Å². The number of carbonyl (C=O) groups is 1. The van der Waals surface area contributed by atoms with E-state index < -0.39 is 19.9 Å². The molecular formula is C16H19N3O6S2. The van der Waals surface area contributed by atoms with Gasteiger partial charge in [0.2, 0.25) is 10.0 Å². The molecular weight excluding hydrogens is 394 g/mol. The number of rotatable bonds is 4. The smallest absolute Gasteiger partial charge is 0.276 e. The van der Waals surface area contributed by atoms with Crippen molar-refractivity contribution in [3.63, 3.8) is 0 Å². The summed E-state index contributed by atoms with van der Waals surface area (Å²) in [4.78, 5) is 14.3. The van der Waals surface area contributed by atoms with Gasteiger partial charge in [0.15, 0.2) is 21.3 Å². The lowest BCUT2D eigenvalue weighted by atomic mass is 10.1. The number of sulfone groups is 1. The second-order valence-corrected chi connectivity index (χ2v) is 10.3. The molecule has 2 aromatic rings. The molecule has 11 heteroatoms. The lowest BCUT2D eigenvalue weighted by molar-refractivity contribution is 0.0688. The number of amides is 1. The third-order valence-electron chi connectivity index (χ3n) is 4.29. The van der Waals surface area contributed by atoms with E-state index in [0.717, 1.165) is 12.5 Å². The maximum atomic E-state index is 12.5. The van der Waals surface area contributed by atoms with Crippen LogP contribution in [0.4, 0.5) is 0 Å². The molecule has 1 aliphatic rings. The summed E-state index contributed by atoms with van der Waals surface area (Å²) in [5.41, 5.74) is 0.709. The van der Waals surface area contributed by atoms with Gasteiger partial charge < -0.3 is 9.42 Å². The fourth-order valence-corrected chi connectivity index (χ4v) is 4.22. The molecule has 1 saturated heterocycles. The lowest BCUT2D eigenvalue weighted by Gasteiger charge is -2.32. The van der Waals surface area contributed by atoms with E-state index in [1.807, 2.05) is 0 Å². The Morgan fingerprint density at radius 1 is 1.00 bits per heavy atom. The molecule has 1 aromatic heterocycles. The molecule has 0 saturated carbocycles. The molecule has 0 atom stereocenters. The van der Waals surface area contributed by atoms with Gasteiger partial charge in [-0.25, -0.2) is 16.8 Å². The molecule has 1 aromatic carbocycles. The third-order valence-corrected chi connectivity index (χ3v) is 6.72. The summed E-state index contributed by atoms with van der Waals surface area (Å²) >= 11 is 0. The Kier molecular flexibility index (Phi) is 5.10. The molecule has 0 unspecified atom stereocenters. The van der Waals surface area contributed by atoms with Gasteiger partial charge in [-0.05, 0) is 24.3 Å². The largest absolute Gasteiger partial charge is 0.355 e. The van der Waals surface area contributed by atoms with Gasteiger partial charge >= 0.3 is 0 Å². The van der Waals surface area contributed by atoms with Crippen LogP contribution in [0.1, 0.15) is 10.5 Å². The second-order valence-electron chi connectivity index (χ2n) is 6.33. The number of aromatic nitrogens is 1. The van der Waals surface area contributed by atoms with Crippen LogP contribution in [-0.2, 0) is 19.9 Å². The minimum Gasteiger partial charge on any atom is -0.355 e. The summed E-state index contributed by atoms with van der Waals surface area (Å²) < 4.78 is 52.6. The Hall–Kier alpha value is -2.24. The Bertz CT molecular complexity index is 1050. The van der Waals surface area contributed by atoms with Crippen LogP contribution >= 0.6 is 0 Å². The average Bonchev–Trinajstić information content (AvgIpc) is 3.10. The molecule has 1 aliphatic heterocycles. The highest BCUT2D eigenvalue weighted by molar-refractivity contribution is 7.90. The van der Waals surface area contributed by atoms with Crippen molar-refractivity contribution >= 4 is 25.8 Å². The normalized spacial score (nSPS) is 16.4. The summed E-state index contributed by atoms with van der Waals surface area (Å²) in [5, 5.41) is 3.79. The summed E-state index contributed by atoms with van der Waals surface area (Å²) in [6.07, 6.45) is 2.26. The van der Waals surface area contributed by atoms with Crippen molar-refractivity contribution in [1.29, 1.82) is 0 Å². The first-order chi connectivity index (χ1) is 12.6. The number of hydrogen-bond acceptors (Lipinski definition) is 7. The maximum absolute atomic E-state index is 12.5. The van der Waals surface area contributed by atoms with Crippen LogP contribution in [0.15, 0.2) is 39.8 Å². The van der Waals surface area contributed by atoms with Crippen LogP contribution in [0.5, 0.6) is 0 Å². The van der Waals surface area contributed by atoms with Gasteiger partial charge in [-0.1, -0.05) is 5.16 Å². The molecule has 0 aliphatic carbocycles. The Morgan fingerprint density at radius 2 is 1.59 bits per heavy atom. The number of benzene rings is 1. The zero-order valence-corrected chi connectivity index (χ0v) is 16.5. The average molecular weight is 413 g/mol. The minimum atomic E-state index is -3.29. The third kappa shape index (κ3) is 4.37. The predicted octanol–water partition coefficient (Wildman–Crippen LogP) is 0.463. The molecule has 0 N–H and O–H groups in total. The standard InChI is InChI=1S/C16H19N3O6S2/c1-26(21,22)13-5-3-12(4-6-13)15-11-14(17-25-15)16(20)18-7-9-19(10-8-18)27(2,23)24/h3-6,11H,7-10H2,1-2H3. The molecule has 9 nitrogen and oxygen atoms in total. The van der Waals surface area contributed by atoms with E-state index in [1.165, 1.54) is 27.4 Å². The molecule has 0 spiro atoms. The van der Waals surface area contributed by atoms with Crippen LogP contribution in [0.2, 0.25) is 0 Å². The van der Waals surface area contributed by atoms with Crippen molar-refractivity contribution in [1.82, 2.24) is 14.4 Å². The van der Waals surface area contributed by atoms with Crippen LogP contribution in [0, 0.1) is 0 Å². The van der Waals surface area contributed by atoms with Gasteiger partial charge in [0.25, 0.3) is 5.91 Å². The molecule has 2 heterocycles. The zero-order valence-electron chi connectivity index (χ0n) is 14.8. The van der Waals surface area contributed by atoms with Crippen LogP contribution < -0.4 is 0 Å². The zero-order chi connectivity index (χ0) is 19.8. The van der Waals surface area contributed by atoms with Crippen molar-refractivity contribution in [2.75, 3.05) is 38.7 Å². The Balaban J connectivity index is 1.71. The lowest BCUT2D eigenvalue weighted by Crippen LogP contribution is -2.50. The molecule has 1 fully saturated rings. The van der Waals surface area contributed by atoms with Crippen molar-refractivity contribution in [2.45, 2.75) is 4.90 Å². The van der Waals surface area contributed by atoms with Crippen molar-refractivity contribution in [2.24, 2.45) is 0 Å². The van der Waals surface area contributed by atoms with Crippen molar-refractivity contribution in [3.8, 4) is 11.3 Å². The van der Waals surface area contributed by atoms with E-state index in [0.29, 0.717) is 11.3 Å². The first kappa shape index (κ1) is 19.5. The van der Waals surface area contributed by atoms with Gasteiger partial charge in [0.05, 0.1) is 11.2 Å². The summed E-state index contributed by atoms with van der Waals surface area (Å²) in [7, 11) is -6.56. The molecule has 1 amide bonds. The number of piperazine rings is 1. The Morgan fingerprint density at radius 3 is 2.11 bits per heavy atom. The summed E-state index contributed by atoms with van der Waals surface area (Å²) in [6, 6.07) is 7.56. The fraction of sp³-hybridized carbons (Fsp3) is 0.375. The van der Waals surface area contributed by atoms with Crippen LogP contribution in [-0.4, -0.2) is 75.8 Å². The molecule has 27 heavy (non-hydrogen) atoms. The van der Waals surface area contributed by atoms with Gasteiger partial charge in [-0.3, -0.25) is 4.79 Å². The van der Waals surface area contributed by atoms with E-state index in [9.17, 15) is 21.6 Å². The highest BCUT2D eigenvalue weighted by atomic mass is 32.2. The topological polar surface area (TPSA) is 118 Å². The molecule has 3 rings (SSSR count). The van der Waals surface area contributed by atoms with E-state index in [4.69, 9.17) is 4.52 Å². The quantitative estimate of drug-likeness (QED) is 0.715. The van der Waals surface area contributed by atoms with Crippen LogP contribution in [0.3, 0.4) is 0 Å². The highest BCUT2D eigenvalue weighted by Gasteiger charge is 2.28. The number of hydrogen-bond donors (Lipinski definition) is 0. The first-order valence-electron chi connectivity index (χ1n) is 8.07. The SMILES string of the molecule is CS(=O)(=O)c1ccc(-c2cc(C(=O)N3CCN(S(C)(=O)=O)CC3)no2)cc1. The molecule has 146 valence electrons. The van der Waals surface area contributed by atoms with E-state index >= 15 is 0 Å². The minimum absolute atomic E-state index is 0.116. The Labute approximate surface area is 157 Å². The van der Waals surface area contributed by atoms with Gasteiger partial charge in [-0.2, -0.15) is 4.31 Å². The maximum Gasteiger partial charge on any atom is 0.276 e.